The highest BCUT2D eigenvalue weighted by molar-refractivity contribution is 5.28. The third kappa shape index (κ3) is 2.71. The van der Waals surface area contributed by atoms with Gasteiger partial charge in [-0.15, -0.1) is 0 Å². The molecular formula is C16H25N. The molecule has 1 aromatic carbocycles. The van der Waals surface area contributed by atoms with Gasteiger partial charge < -0.3 is 5.73 Å². The molecule has 1 heteroatoms. The summed E-state index contributed by atoms with van der Waals surface area (Å²) in [6, 6.07) is 8.81. The first kappa shape index (κ1) is 12.6. The lowest BCUT2D eigenvalue weighted by Crippen LogP contribution is -2.42. The molecule has 2 rings (SSSR count). The predicted octanol–water partition coefficient (Wildman–Crippen LogP) is 4.00. The van der Waals surface area contributed by atoms with Crippen molar-refractivity contribution in [1.82, 2.24) is 0 Å². The van der Waals surface area contributed by atoms with Crippen molar-refractivity contribution in [3.05, 3.63) is 35.4 Å². The molecular weight excluding hydrogens is 206 g/mol. The maximum atomic E-state index is 6.66. The van der Waals surface area contributed by atoms with E-state index in [4.69, 9.17) is 5.73 Å². The largest absolute Gasteiger partial charge is 0.321 e. The van der Waals surface area contributed by atoms with Gasteiger partial charge in [0.25, 0.3) is 0 Å². The third-order valence-electron chi connectivity index (χ3n) is 4.39. The summed E-state index contributed by atoms with van der Waals surface area (Å²) in [7, 11) is 0. The van der Waals surface area contributed by atoms with Crippen molar-refractivity contribution in [2.24, 2.45) is 17.6 Å². The molecule has 1 nitrogen and oxygen atoms in total. The number of hydrogen-bond acceptors (Lipinski definition) is 1. The third-order valence-corrected chi connectivity index (χ3v) is 4.39. The summed E-state index contributed by atoms with van der Waals surface area (Å²) in [5.74, 6) is 1.54. The van der Waals surface area contributed by atoms with Crippen LogP contribution in [0.5, 0.6) is 0 Å². The minimum atomic E-state index is -0.0825. The molecule has 0 aliphatic heterocycles. The summed E-state index contributed by atoms with van der Waals surface area (Å²) in [5, 5.41) is 0. The summed E-state index contributed by atoms with van der Waals surface area (Å²) >= 11 is 0. The Morgan fingerprint density at radius 3 is 2.47 bits per heavy atom. The van der Waals surface area contributed by atoms with Gasteiger partial charge in [0, 0.05) is 5.54 Å². The van der Waals surface area contributed by atoms with Gasteiger partial charge in [-0.2, -0.15) is 0 Å². The van der Waals surface area contributed by atoms with Crippen LogP contribution < -0.4 is 5.73 Å². The van der Waals surface area contributed by atoms with E-state index in [1.165, 1.54) is 24.0 Å². The standard InChI is InChI=1S/C16H25N/c1-12(2)14-5-4-10-16(17,11-14)15-8-6-13(3)7-9-15/h6-9,12,14H,4-5,10-11,17H2,1-3H3. The molecule has 94 valence electrons. The monoisotopic (exact) mass is 231 g/mol. The van der Waals surface area contributed by atoms with E-state index in [2.05, 4.69) is 45.0 Å². The van der Waals surface area contributed by atoms with E-state index in [0.29, 0.717) is 0 Å². The molecule has 1 saturated carbocycles. The highest BCUT2D eigenvalue weighted by atomic mass is 14.8. The van der Waals surface area contributed by atoms with Crippen LogP contribution in [0.25, 0.3) is 0 Å². The van der Waals surface area contributed by atoms with E-state index >= 15 is 0 Å². The molecule has 1 aliphatic rings. The number of nitrogens with two attached hydrogens (primary N) is 1. The predicted molar refractivity (Wildman–Crippen MR) is 73.8 cm³/mol. The Balaban J connectivity index is 2.20. The van der Waals surface area contributed by atoms with E-state index in [1.807, 2.05) is 0 Å². The van der Waals surface area contributed by atoms with Crippen LogP contribution in [0.15, 0.2) is 24.3 Å². The average Bonchev–Trinajstić information content (AvgIpc) is 2.29. The molecule has 0 bridgehead atoms. The zero-order valence-electron chi connectivity index (χ0n) is 11.4. The second kappa shape index (κ2) is 4.81. The van der Waals surface area contributed by atoms with Gasteiger partial charge in [-0.25, -0.2) is 0 Å². The lowest BCUT2D eigenvalue weighted by Gasteiger charge is -2.40. The van der Waals surface area contributed by atoms with E-state index in [1.54, 1.807) is 0 Å². The fourth-order valence-corrected chi connectivity index (χ4v) is 3.07. The molecule has 2 N–H and O–H groups in total. The van der Waals surface area contributed by atoms with Gasteiger partial charge in [0.1, 0.15) is 0 Å². The van der Waals surface area contributed by atoms with Gasteiger partial charge in [0.05, 0.1) is 0 Å². The molecule has 0 spiro atoms. The first-order chi connectivity index (χ1) is 8.01. The second-order valence-electron chi connectivity index (χ2n) is 6.12. The Morgan fingerprint density at radius 2 is 1.88 bits per heavy atom. The lowest BCUT2D eigenvalue weighted by molar-refractivity contribution is 0.184. The van der Waals surface area contributed by atoms with Gasteiger partial charge in [-0.1, -0.05) is 56.5 Å². The quantitative estimate of drug-likeness (QED) is 0.818. The molecule has 1 aliphatic carbocycles. The first-order valence-electron chi connectivity index (χ1n) is 6.87. The second-order valence-corrected chi connectivity index (χ2v) is 6.12. The zero-order chi connectivity index (χ0) is 12.5. The summed E-state index contributed by atoms with van der Waals surface area (Å²) in [6.45, 7) is 6.78. The molecule has 2 atom stereocenters. The molecule has 1 fully saturated rings. The van der Waals surface area contributed by atoms with Gasteiger partial charge >= 0.3 is 0 Å². The molecule has 2 unspecified atom stereocenters. The number of hydrogen-bond donors (Lipinski definition) is 1. The summed E-state index contributed by atoms with van der Waals surface area (Å²) in [6.07, 6.45) is 4.91. The Morgan fingerprint density at radius 1 is 1.24 bits per heavy atom. The SMILES string of the molecule is Cc1ccc(C2(N)CCCC(C(C)C)C2)cc1. The van der Waals surface area contributed by atoms with Crippen molar-refractivity contribution in [3.8, 4) is 0 Å². The fraction of sp³-hybridized carbons (Fsp3) is 0.625. The summed E-state index contributed by atoms with van der Waals surface area (Å²) < 4.78 is 0. The Bertz CT molecular complexity index is 366. The maximum Gasteiger partial charge on any atom is 0.0412 e. The van der Waals surface area contributed by atoms with Gasteiger partial charge in [-0.05, 0) is 37.2 Å². The molecule has 0 saturated heterocycles. The van der Waals surface area contributed by atoms with Gasteiger partial charge in [0.2, 0.25) is 0 Å². The molecule has 0 radical (unpaired) electrons. The van der Waals surface area contributed by atoms with E-state index in [0.717, 1.165) is 24.7 Å². The van der Waals surface area contributed by atoms with Crippen molar-refractivity contribution in [2.75, 3.05) is 0 Å². The highest BCUT2D eigenvalue weighted by Gasteiger charge is 2.35. The number of rotatable bonds is 2. The fourth-order valence-electron chi connectivity index (χ4n) is 3.07. The van der Waals surface area contributed by atoms with Gasteiger partial charge in [-0.3, -0.25) is 0 Å². The van der Waals surface area contributed by atoms with Crippen LogP contribution >= 0.6 is 0 Å². The molecule has 17 heavy (non-hydrogen) atoms. The van der Waals surface area contributed by atoms with Crippen molar-refractivity contribution >= 4 is 0 Å². The molecule has 0 amide bonds. The topological polar surface area (TPSA) is 26.0 Å². The van der Waals surface area contributed by atoms with Crippen molar-refractivity contribution < 1.29 is 0 Å². The van der Waals surface area contributed by atoms with Crippen LogP contribution in [0.2, 0.25) is 0 Å². The van der Waals surface area contributed by atoms with Gasteiger partial charge in [0.15, 0.2) is 0 Å². The number of benzene rings is 1. The molecule has 0 aromatic heterocycles. The zero-order valence-corrected chi connectivity index (χ0v) is 11.4. The minimum absolute atomic E-state index is 0.0825. The van der Waals surface area contributed by atoms with Crippen molar-refractivity contribution in [3.63, 3.8) is 0 Å². The van der Waals surface area contributed by atoms with Crippen molar-refractivity contribution in [1.29, 1.82) is 0 Å². The lowest BCUT2D eigenvalue weighted by atomic mass is 9.69. The highest BCUT2D eigenvalue weighted by Crippen LogP contribution is 2.40. The average molecular weight is 231 g/mol. The first-order valence-corrected chi connectivity index (χ1v) is 6.87. The smallest absolute Gasteiger partial charge is 0.0412 e. The Hall–Kier alpha value is -0.820. The van der Waals surface area contributed by atoms with E-state index in [9.17, 15) is 0 Å². The molecule has 1 aromatic rings. The van der Waals surface area contributed by atoms with Crippen LogP contribution in [-0.2, 0) is 5.54 Å². The van der Waals surface area contributed by atoms with Crippen LogP contribution in [0.3, 0.4) is 0 Å². The van der Waals surface area contributed by atoms with E-state index < -0.39 is 0 Å². The van der Waals surface area contributed by atoms with Crippen LogP contribution in [-0.4, -0.2) is 0 Å². The van der Waals surface area contributed by atoms with Crippen LogP contribution in [0, 0.1) is 18.8 Å². The Labute approximate surface area is 105 Å². The normalized spacial score (nSPS) is 29.6. The van der Waals surface area contributed by atoms with Crippen LogP contribution in [0.1, 0.15) is 50.7 Å². The Kier molecular flexibility index (Phi) is 3.58. The summed E-state index contributed by atoms with van der Waals surface area (Å²) in [5.41, 5.74) is 9.22. The van der Waals surface area contributed by atoms with Crippen molar-refractivity contribution in [2.45, 2.75) is 52.0 Å². The van der Waals surface area contributed by atoms with Crippen LogP contribution in [0.4, 0.5) is 0 Å². The molecule has 0 heterocycles. The number of aryl methyl sites for hydroxylation is 1. The summed E-state index contributed by atoms with van der Waals surface area (Å²) in [4.78, 5) is 0. The minimum Gasteiger partial charge on any atom is -0.321 e. The van der Waals surface area contributed by atoms with E-state index in [-0.39, 0.29) is 5.54 Å². The maximum absolute atomic E-state index is 6.66.